The first-order valence-corrected chi connectivity index (χ1v) is 4.21. The molecule has 0 fully saturated rings. The van der Waals surface area contributed by atoms with Gasteiger partial charge in [-0.1, -0.05) is 13.8 Å². The van der Waals surface area contributed by atoms with Crippen LogP contribution in [0.2, 0.25) is 0 Å². The Morgan fingerprint density at radius 1 is 0.917 bits per heavy atom. The normalized spacial score (nSPS) is 29.0. The van der Waals surface area contributed by atoms with Crippen molar-refractivity contribution in [3.05, 3.63) is 23.7 Å². The standard InChI is InChI=1S/C10H16O2/c1-7-5-9(11-3)10(12-4)6-8(7)2/h5-8H,1-4H3. The van der Waals surface area contributed by atoms with Crippen LogP contribution in [0.4, 0.5) is 0 Å². The summed E-state index contributed by atoms with van der Waals surface area (Å²) in [5.74, 6) is 2.75. The van der Waals surface area contributed by atoms with Crippen LogP contribution >= 0.6 is 0 Å². The van der Waals surface area contributed by atoms with Crippen LogP contribution in [0.1, 0.15) is 13.8 Å². The van der Waals surface area contributed by atoms with Gasteiger partial charge in [-0.05, 0) is 24.0 Å². The molecule has 2 unspecified atom stereocenters. The zero-order valence-electron chi connectivity index (χ0n) is 8.13. The lowest BCUT2D eigenvalue weighted by Crippen LogP contribution is -2.12. The van der Waals surface area contributed by atoms with Crippen LogP contribution in [0, 0.1) is 11.8 Å². The van der Waals surface area contributed by atoms with Gasteiger partial charge in [-0.3, -0.25) is 0 Å². The van der Waals surface area contributed by atoms with Crippen LogP contribution in [0.15, 0.2) is 23.7 Å². The Kier molecular flexibility index (Phi) is 2.79. The van der Waals surface area contributed by atoms with Gasteiger partial charge in [-0.15, -0.1) is 0 Å². The second-order valence-corrected chi connectivity index (χ2v) is 3.19. The van der Waals surface area contributed by atoms with Crippen LogP contribution in [0.5, 0.6) is 0 Å². The van der Waals surface area contributed by atoms with E-state index in [0.717, 1.165) is 11.5 Å². The maximum Gasteiger partial charge on any atom is 0.156 e. The van der Waals surface area contributed by atoms with Crippen LogP contribution in [0.3, 0.4) is 0 Å². The molecule has 0 radical (unpaired) electrons. The average molecular weight is 168 g/mol. The molecule has 2 nitrogen and oxygen atoms in total. The molecule has 0 aromatic rings. The first kappa shape index (κ1) is 9.17. The Bertz CT molecular complexity index is 192. The molecule has 0 aromatic heterocycles. The van der Waals surface area contributed by atoms with Gasteiger partial charge in [0.25, 0.3) is 0 Å². The molecule has 2 heteroatoms. The predicted octanol–water partition coefficient (Wildman–Crippen LogP) is 2.33. The van der Waals surface area contributed by atoms with E-state index in [4.69, 9.17) is 9.47 Å². The molecule has 12 heavy (non-hydrogen) atoms. The predicted molar refractivity (Wildman–Crippen MR) is 48.5 cm³/mol. The molecule has 0 bridgehead atoms. The quantitative estimate of drug-likeness (QED) is 0.630. The third-order valence-corrected chi connectivity index (χ3v) is 2.34. The Morgan fingerprint density at radius 2 is 1.25 bits per heavy atom. The molecule has 68 valence electrons. The van der Waals surface area contributed by atoms with Crippen LogP contribution in [-0.2, 0) is 9.47 Å². The number of methoxy groups -OCH3 is 2. The molecule has 0 saturated heterocycles. The number of hydrogen-bond acceptors (Lipinski definition) is 2. The van der Waals surface area contributed by atoms with Gasteiger partial charge < -0.3 is 9.47 Å². The minimum atomic E-state index is 0.527. The zero-order chi connectivity index (χ0) is 9.14. The Hall–Kier alpha value is -0.920. The Balaban J connectivity index is 2.84. The van der Waals surface area contributed by atoms with Gasteiger partial charge in [-0.25, -0.2) is 0 Å². The minimum Gasteiger partial charge on any atom is -0.493 e. The SMILES string of the molecule is COC1=CC(C)C(C)C=C1OC. The summed E-state index contributed by atoms with van der Waals surface area (Å²) < 4.78 is 10.4. The molecule has 1 aliphatic carbocycles. The number of allylic oxidation sites excluding steroid dienone is 2. The lowest BCUT2D eigenvalue weighted by molar-refractivity contribution is 0.208. The highest BCUT2D eigenvalue weighted by atomic mass is 16.5. The molecule has 0 amide bonds. The Morgan fingerprint density at radius 3 is 1.50 bits per heavy atom. The highest BCUT2D eigenvalue weighted by Gasteiger charge is 2.19. The highest BCUT2D eigenvalue weighted by molar-refractivity contribution is 5.26. The number of rotatable bonds is 2. The summed E-state index contributed by atoms with van der Waals surface area (Å²) in [6.45, 7) is 4.35. The van der Waals surface area contributed by atoms with Crippen LogP contribution < -0.4 is 0 Å². The Labute approximate surface area is 73.9 Å². The van der Waals surface area contributed by atoms with E-state index in [1.807, 2.05) is 0 Å². The first-order chi connectivity index (χ1) is 5.69. The van der Waals surface area contributed by atoms with Crippen molar-refractivity contribution in [3.8, 4) is 0 Å². The van der Waals surface area contributed by atoms with Gasteiger partial charge in [0.05, 0.1) is 14.2 Å². The van der Waals surface area contributed by atoms with E-state index in [2.05, 4.69) is 26.0 Å². The molecule has 1 rings (SSSR count). The third-order valence-electron chi connectivity index (χ3n) is 2.34. The van der Waals surface area contributed by atoms with E-state index in [1.165, 1.54) is 0 Å². The van der Waals surface area contributed by atoms with E-state index in [0.29, 0.717) is 11.8 Å². The largest absolute Gasteiger partial charge is 0.493 e. The summed E-state index contributed by atoms with van der Waals surface area (Å²) >= 11 is 0. The molecule has 0 aromatic carbocycles. The molecular formula is C10H16O2. The smallest absolute Gasteiger partial charge is 0.156 e. The molecule has 2 atom stereocenters. The molecule has 0 aliphatic heterocycles. The zero-order valence-corrected chi connectivity index (χ0v) is 8.13. The maximum atomic E-state index is 5.18. The lowest BCUT2D eigenvalue weighted by Gasteiger charge is -2.22. The second kappa shape index (κ2) is 3.65. The van der Waals surface area contributed by atoms with Crippen LogP contribution in [-0.4, -0.2) is 14.2 Å². The molecule has 0 N–H and O–H groups in total. The molecule has 0 spiro atoms. The summed E-state index contributed by atoms with van der Waals surface area (Å²) in [5.41, 5.74) is 0. The fourth-order valence-electron chi connectivity index (χ4n) is 1.28. The highest BCUT2D eigenvalue weighted by Crippen LogP contribution is 2.27. The summed E-state index contributed by atoms with van der Waals surface area (Å²) in [5, 5.41) is 0. The van der Waals surface area contributed by atoms with Gasteiger partial charge in [-0.2, -0.15) is 0 Å². The average Bonchev–Trinajstić information content (AvgIpc) is 2.09. The summed E-state index contributed by atoms with van der Waals surface area (Å²) in [4.78, 5) is 0. The van der Waals surface area contributed by atoms with E-state index >= 15 is 0 Å². The van der Waals surface area contributed by atoms with Gasteiger partial charge in [0.1, 0.15) is 0 Å². The summed E-state index contributed by atoms with van der Waals surface area (Å²) in [7, 11) is 3.34. The lowest BCUT2D eigenvalue weighted by atomic mass is 9.90. The summed E-state index contributed by atoms with van der Waals surface area (Å²) in [6.07, 6.45) is 4.20. The van der Waals surface area contributed by atoms with E-state index in [-0.39, 0.29) is 0 Å². The first-order valence-electron chi connectivity index (χ1n) is 4.21. The number of ether oxygens (including phenoxy) is 2. The van der Waals surface area contributed by atoms with Crippen molar-refractivity contribution in [2.75, 3.05) is 14.2 Å². The molecule has 1 aliphatic rings. The fourth-order valence-corrected chi connectivity index (χ4v) is 1.28. The van der Waals surface area contributed by atoms with Crippen molar-refractivity contribution in [2.24, 2.45) is 11.8 Å². The molecular weight excluding hydrogens is 152 g/mol. The van der Waals surface area contributed by atoms with Crippen molar-refractivity contribution in [1.29, 1.82) is 0 Å². The van der Waals surface area contributed by atoms with Gasteiger partial charge in [0.2, 0.25) is 0 Å². The van der Waals surface area contributed by atoms with Crippen molar-refractivity contribution in [3.63, 3.8) is 0 Å². The van der Waals surface area contributed by atoms with Crippen LogP contribution in [0.25, 0.3) is 0 Å². The summed E-state index contributed by atoms with van der Waals surface area (Å²) in [6, 6.07) is 0. The molecule has 0 saturated carbocycles. The van der Waals surface area contributed by atoms with E-state index in [1.54, 1.807) is 14.2 Å². The van der Waals surface area contributed by atoms with Crippen molar-refractivity contribution < 1.29 is 9.47 Å². The number of hydrogen-bond donors (Lipinski definition) is 0. The monoisotopic (exact) mass is 168 g/mol. The minimum absolute atomic E-state index is 0.527. The maximum absolute atomic E-state index is 5.18. The van der Waals surface area contributed by atoms with Crippen molar-refractivity contribution in [2.45, 2.75) is 13.8 Å². The van der Waals surface area contributed by atoms with E-state index in [9.17, 15) is 0 Å². The van der Waals surface area contributed by atoms with Crippen molar-refractivity contribution >= 4 is 0 Å². The molecule has 0 heterocycles. The van der Waals surface area contributed by atoms with Crippen molar-refractivity contribution in [1.82, 2.24) is 0 Å². The fraction of sp³-hybridized carbons (Fsp3) is 0.600. The van der Waals surface area contributed by atoms with Gasteiger partial charge in [0.15, 0.2) is 11.5 Å². The second-order valence-electron chi connectivity index (χ2n) is 3.19. The topological polar surface area (TPSA) is 18.5 Å². The third kappa shape index (κ3) is 1.63. The van der Waals surface area contributed by atoms with Gasteiger partial charge >= 0.3 is 0 Å². The van der Waals surface area contributed by atoms with Gasteiger partial charge in [0, 0.05) is 0 Å². The van der Waals surface area contributed by atoms with E-state index < -0.39 is 0 Å².